The highest BCUT2D eigenvalue weighted by Crippen LogP contribution is 2.69. The van der Waals surface area contributed by atoms with Gasteiger partial charge in [-0.15, -0.1) is 6.42 Å². The van der Waals surface area contributed by atoms with Crippen molar-refractivity contribution in [3.05, 3.63) is 16.7 Å². The number of anilines is 1. The number of fused-ring (bicyclic) bond motifs is 2. The van der Waals surface area contributed by atoms with E-state index in [2.05, 4.69) is 20.9 Å². The number of hydrogen-bond donors (Lipinski definition) is 4. The van der Waals surface area contributed by atoms with E-state index >= 15 is 4.39 Å². The van der Waals surface area contributed by atoms with E-state index in [4.69, 9.17) is 22.0 Å². The van der Waals surface area contributed by atoms with Gasteiger partial charge in [-0.25, -0.2) is 9.37 Å². The van der Waals surface area contributed by atoms with Crippen molar-refractivity contribution in [1.82, 2.24) is 19.5 Å². The van der Waals surface area contributed by atoms with Gasteiger partial charge in [-0.3, -0.25) is 9.78 Å². The Bertz CT molecular complexity index is 919. The molecule has 2 aromatic rings. The van der Waals surface area contributed by atoms with Crippen LogP contribution in [0.3, 0.4) is 0 Å². The zero-order chi connectivity index (χ0) is 16.6. The molecular formula is C13H12FN5O4. The van der Waals surface area contributed by atoms with Gasteiger partial charge in [0.05, 0.1) is 12.9 Å². The first kappa shape index (κ1) is 14.1. The normalized spacial score (nSPS) is 38.4. The number of aromatic amines is 1. The summed E-state index contributed by atoms with van der Waals surface area (Å²) in [6.07, 6.45) is 3.87. The first-order valence-electron chi connectivity index (χ1n) is 6.76. The third-order valence-corrected chi connectivity index (χ3v) is 4.51. The topological polar surface area (TPSA) is 139 Å². The number of ether oxygens (including phenoxy) is 1. The zero-order valence-electron chi connectivity index (χ0n) is 11.6. The molecule has 0 radical (unpaired) electrons. The molecule has 2 fully saturated rings. The Kier molecular flexibility index (Phi) is 2.51. The van der Waals surface area contributed by atoms with E-state index in [1.54, 1.807) is 0 Å². The third kappa shape index (κ3) is 1.40. The SMILES string of the molecule is C#CC12O[C@H](CO)C(O)C1(F)[C@@H]2n1cnc2c(=O)[nH]c(N)nc21. The van der Waals surface area contributed by atoms with Crippen molar-refractivity contribution in [2.45, 2.75) is 29.5 Å². The molecule has 120 valence electrons. The number of aliphatic hydroxyl groups excluding tert-OH is 2. The molecular weight excluding hydrogens is 309 g/mol. The molecule has 9 nitrogen and oxygen atoms in total. The number of halogens is 1. The van der Waals surface area contributed by atoms with E-state index in [1.807, 2.05) is 0 Å². The van der Waals surface area contributed by atoms with Crippen LogP contribution in [0, 0.1) is 12.3 Å². The van der Waals surface area contributed by atoms with Gasteiger partial charge in [0.15, 0.2) is 16.8 Å². The minimum absolute atomic E-state index is 0.0341. The Morgan fingerprint density at radius 2 is 2.39 bits per heavy atom. The number of alkyl halides is 1. The van der Waals surface area contributed by atoms with Crippen LogP contribution in [-0.4, -0.2) is 59.8 Å². The molecule has 1 saturated heterocycles. The number of nitrogens with one attached hydrogen (secondary N) is 1. The van der Waals surface area contributed by atoms with Crippen LogP contribution in [0.25, 0.3) is 11.2 Å². The van der Waals surface area contributed by atoms with E-state index in [1.165, 1.54) is 10.9 Å². The predicted molar refractivity (Wildman–Crippen MR) is 75.0 cm³/mol. The Balaban J connectivity index is 1.89. The number of rotatable bonds is 2. The Morgan fingerprint density at radius 3 is 3.00 bits per heavy atom. The highest BCUT2D eigenvalue weighted by atomic mass is 19.1. The number of imidazole rings is 1. The number of aliphatic hydroxyl groups is 2. The lowest BCUT2D eigenvalue weighted by Gasteiger charge is -2.20. The van der Waals surface area contributed by atoms with Gasteiger partial charge in [0.2, 0.25) is 11.6 Å². The average molecular weight is 321 g/mol. The van der Waals surface area contributed by atoms with Gasteiger partial charge in [0, 0.05) is 0 Å². The van der Waals surface area contributed by atoms with E-state index in [0.29, 0.717) is 0 Å². The molecule has 1 aliphatic heterocycles. The summed E-state index contributed by atoms with van der Waals surface area (Å²) in [5.74, 6) is 2.06. The Hall–Kier alpha value is -2.48. The largest absolute Gasteiger partial charge is 0.394 e. The lowest BCUT2D eigenvalue weighted by Crippen LogP contribution is -2.37. The summed E-state index contributed by atoms with van der Waals surface area (Å²) < 4.78 is 21.9. The fraction of sp³-hybridized carbons (Fsp3) is 0.462. The smallest absolute Gasteiger partial charge is 0.280 e. The van der Waals surface area contributed by atoms with Crippen LogP contribution in [0.2, 0.25) is 0 Å². The van der Waals surface area contributed by atoms with Gasteiger partial charge in [-0.1, -0.05) is 5.92 Å². The average Bonchev–Trinajstić information content (AvgIpc) is 2.78. The minimum Gasteiger partial charge on any atom is -0.394 e. The number of nitrogen functional groups attached to an aromatic ring is 1. The van der Waals surface area contributed by atoms with Crippen molar-refractivity contribution >= 4 is 17.1 Å². The number of H-pyrrole nitrogens is 1. The molecule has 0 bridgehead atoms. The summed E-state index contributed by atoms with van der Waals surface area (Å²) in [4.78, 5) is 21.9. The van der Waals surface area contributed by atoms with Crippen LogP contribution in [-0.2, 0) is 4.74 Å². The molecule has 0 aromatic carbocycles. The van der Waals surface area contributed by atoms with Gasteiger partial charge in [-0.05, 0) is 0 Å². The van der Waals surface area contributed by atoms with Crippen molar-refractivity contribution in [3.63, 3.8) is 0 Å². The van der Waals surface area contributed by atoms with Crippen molar-refractivity contribution in [1.29, 1.82) is 0 Å². The highest BCUT2D eigenvalue weighted by Gasteiger charge is 2.89. The molecule has 0 spiro atoms. The lowest BCUT2D eigenvalue weighted by atomic mass is 10.1. The van der Waals surface area contributed by atoms with E-state index < -0.39 is 41.7 Å². The number of nitrogens with zero attached hydrogens (tertiary/aromatic N) is 3. The lowest BCUT2D eigenvalue weighted by molar-refractivity contribution is -0.0587. The quantitative estimate of drug-likeness (QED) is 0.473. The maximum absolute atomic E-state index is 15.3. The third-order valence-electron chi connectivity index (χ3n) is 4.51. The number of nitrogens with two attached hydrogens (primary N) is 1. The highest BCUT2D eigenvalue weighted by molar-refractivity contribution is 5.72. The number of terminal acetylenes is 1. The van der Waals surface area contributed by atoms with Gasteiger partial charge in [0.1, 0.15) is 18.2 Å². The maximum atomic E-state index is 15.3. The van der Waals surface area contributed by atoms with Crippen LogP contribution >= 0.6 is 0 Å². The van der Waals surface area contributed by atoms with E-state index in [0.717, 1.165) is 0 Å². The fourth-order valence-electron chi connectivity index (χ4n) is 3.42. The molecule has 3 unspecified atom stereocenters. The van der Waals surface area contributed by atoms with Gasteiger partial charge in [0.25, 0.3) is 5.56 Å². The molecule has 10 heteroatoms. The molecule has 4 rings (SSSR count). The molecule has 2 aliphatic rings. The summed E-state index contributed by atoms with van der Waals surface area (Å²) in [5.41, 5.74) is 0.855. The molecule has 23 heavy (non-hydrogen) atoms. The van der Waals surface area contributed by atoms with Gasteiger partial charge >= 0.3 is 0 Å². The predicted octanol–water partition coefficient (Wildman–Crippen LogP) is -1.91. The van der Waals surface area contributed by atoms with E-state index in [-0.39, 0.29) is 17.1 Å². The second kappa shape index (κ2) is 4.08. The second-order valence-electron chi connectivity index (χ2n) is 5.61. The first-order valence-corrected chi connectivity index (χ1v) is 6.76. The molecule has 5 N–H and O–H groups in total. The van der Waals surface area contributed by atoms with Crippen molar-refractivity contribution in [2.24, 2.45) is 0 Å². The minimum atomic E-state index is -2.32. The molecule has 0 amide bonds. The molecule has 2 aromatic heterocycles. The maximum Gasteiger partial charge on any atom is 0.280 e. The molecule has 1 aliphatic carbocycles. The van der Waals surface area contributed by atoms with Crippen LogP contribution in [0.4, 0.5) is 10.3 Å². The Morgan fingerprint density at radius 1 is 1.65 bits per heavy atom. The molecule has 3 heterocycles. The van der Waals surface area contributed by atoms with E-state index in [9.17, 15) is 9.90 Å². The fourth-order valence-corrected chi connectivity index (χ4v) is 3.42. The first-order chi connectivity index (χ1) is 10.9. The van der Waals surface area contributed by atoms with Crippen LogP contribution in [0.5, 0.6) is 0 Å². The number of aromatic nitrogens is 4. The summed E-state index contributed by atoms with van der Waals surface area (Å²) in [6.45, 7) is -0.571. The molecule has 1 saturated carbocycles. The standard InChI is InChI=1S/C13H12FN5O4/c1-2-12-10(13(12,14)7(21)5(3-20)23-12)19-4-16-6-8(19)17-11(15)18-9(6)22/h1,4-5,7,10,20-21H,3H2,(H3,15,17,18,22)/t5-,7?,10-,12?,13?/m1/s1. The Labute approximate surface area is 127 Å². The van der Waals surface area contributed by atoms with Gasteiger partial charge < -0.3 is 25.3 Å². The summed E-state index contributed by atoms with van der Waals surface area (Å²) in [7, 11) is 0. The monoisotopic (exact) mass is 321 g/mol. The summed E-state index contributed by atoms with van der Waals surface area (Å²) in [6, 6.07) is -1.13. The van der Waals surface area contributed by atoms with Crippen molar-refractivity contribution in [3.8, 4) is 12.3 Å². The summed E-state index contributed by atoms with van der Waals surface area (Å²) >= 11 is 0. The van der Waals surface area contributed by atoms with Gasteiger partial charge in [-0.2, -0.15) is 4.98 Å². The van der Waals surface area contributed by atoms with Crippen molar-refractivity contribution in [2.75, 3.05) is 12.3 Å². The molecule has 5 atom stereocenters. The summed E-state index contributed by atoms with van der Waals surface area (Å²) in [5, 5.41) is 19.2. The van der Waals surface area contributed by atoms with Crippen LogP contribution in [0.1, 0.15) is 6.04 Å². The second-order valence-corrected chi connectivity index (χ2v) is 5.61. The van der Waals surface area contributed by atoms with Crippen molar-refractivity contribution < 1.29 is 19.3 Å². The number of hydrogen-bond acceptors (Lipinski definition) is 7. The zero-order valence-corrected chi connectivity index (χ0v) is 11.6. The van der Waals surface area contributed by atoms with Crippen LogP contribution in [0.15, 0.2) is 11.1 Å². The van der Waals surface area contributed by atoms with Crippen LogP contribution < -0.4 is 11.3 Å².